The van der Waals surface area contributed by atoms with Crippen molar-refractivity contribution in [3.63, 3.8) is 0 Å². The molecule has 2 aromatic carbocycles. The third kappa shape index (κ3) is 3.82. The van der Waals surface area contributed by atoms with Crippen molar-refractivity contribution >= 4 is 29.2 Å². The second kappa shape index (κ2) is 7.46. The number of halogens is 2. The normalized spacial score (nSPS) is 20.3. The highest BCUT2D eigenvalue weighted by Gasteiger charge is 2.61. The SMILES string of the molecule is Cc1c(COC(=O)C2C(C=C(Cl)Cl)C2(C)C)cccc1-c1ccccc1. The van der Waals surface area contributed by atoms with Crippen LogP contribution in [0.25, 0.3) is 11.1 Å². The fraction of sp³-hybridized carbons (Fsp3) is 0.318. The summed E-state index contributed by atoms with van der Waals surface area (Å²) in [6.07, 6.45) is 1.73. The van der Waals surface area contributed by atoms with Gasteiger partial charge in [0.25, 0.3) is 0 Å². The van der Waals surface area contributed by atoms with Crippen LogP contribution in [0.3, 0.4) is 0 Å². The Morgan fingerprint density at radius 2 is 1.81 bits per heavy atom. The van der Waals surface area contributed by atoms with Gasteiger partial charge >= 0.3 is 5.97 Å². The van der Waals surface area contributed by atoms with E-state index in [-0.39, 0.29) is 34.3 Å². The Kier molecular flexibility index (Phi) is 5.45. The van der Waals surface area contributed by atoms with Crippen molar-refractivity contribution in [2.24, 2.45) is 17.3 Å². The van der Waals surface area contributed by atoms with E-state index in [1.807, 2.05) is 44.2 Å². The Labute approximate surface area is 164 Å². The van der Waals surface area contributed by atoms with Crippen LogP contribution in [0.15, 0.2) is 59.1 Å². The van der Waals surface area contributed by atoms with E-state index in [2.05, 4.69) is 25.1 Å². The average Bonchev–Trinajstić information content (AvgIpc) is 3.14. The Bertz CT molecular complexity index is 836. The van der Waals surface area contributed by atoms with Crippen LogP contribution in [0.2, 0.25) is 0 Å². The summed E-state index contributed by atoms with van der Waals surface area (Å²) < 4.78 is 5.82. The molecule has 26 heavy (non-hydrogen) atoms. The van der Waals surface area contributed by atoms with Crippen LogP contribution in [-0.4, -0.2) is 5.97 Å². The maximum atomic E-state index is 12.5. The highest BCUT2D eigenvalue weighted by molar-refractivity contribution is 6.55. The van der Waals surface area contributed by atoms with Gasteiger partial charge < -0.3 is 4.74 Å². The lowest BCUT2D eigenvalue weighted by Gasteiger charge is -2.12. The maximum Gasteiger partial charge on any atom is 0.310 e. The van der Waals surface area contributed by atoms with E-state index < -0.39 is 0 Å². The fourth-order valence-electron chi connectivity index (χ4n) is 3.58. The lowest BCUT2D eigenvalue weighted by atomic mass is 9.97. The van der Waals surface area contributed by atoms with E-state index in [4.69, 9.17) is 27.9 Å². The Morgan fingerprint density at radius 1 is 1.12 bits per heavy atom. The molecule has 0 spiro atoms. The summed E-state index contributed by atoms with van der Waals surface area (Å²) in [5, 5.41) is 0. The molecule has 0 aromatic heterocycles. The third-order valence-corrected chi connectivity index (χ3v) is 5.62. The molecule has 2 atom stereocenters. The maximum absolute atomic E-state index is 12.5. The predicted molar refractivity (Wildman–Crippen MR) is 107 cm³/mol. The molecule has 0 saturated heterocycles. The van der Waals surface area contributed by atoms with Crippen molar-refractivity contribution in [3.8, 4) is 11.1 Å². The minimum Gasteiger partial charge on any atom is -0.461 e. The van der Waals surface area contributed by atoms with E-state index in [0.717, 1.165) is 22.3 Å². The van der Waals surface area contributed by atoms with Crippen LogP contribution in [0.4, 0.5) is 0 Å². The lowest BCUT2D eigenvalue weighted by molar-refractivity contribution is -0.147. The molecular weight excluding hydrogens is 367 g/mol. The number of carbonyl (C=O) groups is 1. The van der Waals surface area contributed by atoms with E-state index in [1.54, 1.807) is 6.08 Å². The van der Waals surface area contributed by atoms with Gasteiger partial charge in [0, 0.05) is 0 Å². The molecule has 2 aromatic rings. The van der Waals surface area contributed by atoms with Crippen molar-refractivity contribution in [3.05, 3.63) is 70.2 Å². The molecule has 0 amide bonds. The second-order valence-electron chi connectivity index (χ2n) is 7.34. The highest BCUT2D eigenvalue weighted by Crippen LogP contribution is 2.60. The Balaban J connectivity index is 1.71. The van der Waals surface area contributed by atoms with Crippen molar-refractivity contribution in [2.75, 3.05) is 0 Å². The van der Waals surface area contributed by atoms with Gasteiger partial charge in [-0.3, -0.25) is 4.79 Å². The molecule has 2 nitrogen and oxygen atoms in total. The lowest BCUT2D eigenvalue weighted by Crippen LogP contribution is -2.11. The van der Waals surface area contributed by atoms with Crippen LogP contribution in [0.5, 0.6) is 0 Å². The second-order valence-corrected chi connectivity index (χ2v) is 8.35. The number of hydrogen-bond acceptors (Lipinski definition) is 2. The van der Waals surface area contributed by atoms with Crippen molar-refractivity contribution in [1.82, 2.24) is 0 Å². The van der Waals surface area contributed by atoms with Gasteiger partial charge in [-0.25, -0.2) is 0 Å². The van der Waals surface area contributed by atoms with E-state index in [1.165, 1.54) is 0 Å². The molecule has 1 saturated carbocycles. The molecule has 0 N–H and O–H groups in total. The molecule has 0 aliphatic heterocycles. The minimum absolute atomic E-state index is 0.0248. The number of ether oxygens (including phenoxy) is 1. The number of benzene rings is 2. The number of rotatable bonds is 5. The number of esters is 1. The van der Waals surface area contributed by atoms with Crippen LogP contribution in [0.1, 0.15) is 25.0 Å². The molecule has 4 heteroatoms. The summed E-state index contributed by atoms with van der Waals surface area (Å²) >= 11 is 11.5. The third-order valence-electron chi connectivity index (χ3n) is 5.37. The first kappa shape index (κ1) is 19.0. The molecule has 2 unspecified atom stereocenters. The first-order chi connectivity index (χ1) is 12.3. The summed E-state index contributed by atoms with van der Waals surface area (Å²) in [6, 6.07) is 16.3. The van der Waals surface area contributed by atoms with Gasteiger partial charge in [0.1, 0.15) is 11.1 Å². The zero-order chi connectivity index (χ0) is 18.9. The summed E-state index contributed by atoms with van der Waals surface area (Å²) in [5.41, 5.74) is 4.28. The van der Waals surface area contributed by atoms with Crippen LogP contribution >= 0.6 is 23.2 Å². The van der Waals surface area contributed by atoms with Gasteiger partial charge in [0.15, 0.2) is 0 Å². The summed E-state index contributed by atoms with van der Waals surface area (Å²) in [5.74, 6) is -0.375. The standard InChI is InChI=1S/C22H22Cl2O2/c1-14-16(10-7-11-17(14)15-8-5-4-6-9-15)13-26-21(25)20-18(12-19(23)24)22(20,2)3/h4-12,18,20H,13H2,1-3H3. The molecule has 1 fully saturated rings. The summed E-state index contributed by atoms with van der Waals surface area (Å²) in [4.78, 5) is 12.5. The smallest absolute Gasteiger partial charge is 0.310 e. The summed E-state index contributed by atoms with van der Waals surface area (Å²) in [7, 11) is 0. The van der Waals surface area contributed by atoms with Crippen LogP contribution in [-0.2, 0) is 16.1 Å². The molecular formula is C22H22Cl2O2. The fourth-order valence-corrected chi connectivity index (χ4v) is 3.86. The topological polar surface area (TPSA) is 26.3 Å². The zero-order valence-corrected chi connectivity index (χ0v) is 16.6. The van der Waals surface area contributed by atoms with Crippen molar-refractivity contribution < 1.29 is 9.53 Å². The summed E-state index contributed by atoms with van der Waals surface area (Å²) in [6.45, 7) is 6.38. The molecule has 0 radical (unpaired) electrons. The van der Waals surface area contributed by atoms with E-state index in [9.17, 15) is 4.79 Å². The zero-order valence-electron chi connectivity index (χ0n) is 15.1. The van der Waals surface area contributed by atoms with Crippen LogP contribution in [0, 0.1) is 24.2 Å². The van der Waals surface area contributed by atoms with Gasteiger partial charge in [-0.15, -0.1) is 0 Å². The van der Waals surface area contributed by atoms with Gasteiger partial charge in [0.2, 0.25) is 0 Å². The molecule has 1 aliphatic carbocycles. The number of carbonyl (C=O) groups excluding carboxylic acids is 1. The molecule has 136 valence electrons. The van der Waals surface area contributed by atoms with Crippen molar-refractivity contribution in [2.45, 2.75) is 27.4 Å². The highest BCUT2D eigenvalue weighted by atomic mass is 35.5. The quantitative estimate of drug-likeness (QED) is 0.561. The molecule has 3 rings (SSSR count). The minimum atomic E-state index is -0.201. The first-order valence-corrected chi connectivity index (χ1v) is 9.41. The van der Waals surface area contributed by atoms with Crippen LogP contribution < -0.4 is 0 Å². The van der Waals surface area contributed by atoms with Gasteiger partial charge in [-0.1, -0.05) is 85.6 Å². The number of allylic oxidation sites excluding steroid dienone is 1. The van der Waals surface area contributed by atoms with Crippen molar-refractivity contribution in [1.29, 1.82) is 0 Å². The number of hydrogen-bond donors (Lipinski definition) is 0. The first-order valence-electron chi connectivity index (χ1n) is 8.65. The Morgan fingerprint density at radius 3 is 2.46 bits per heavy atom. The van der Waals surface area contributed by atoms with E-state index >= 15 is 0 Å². The van der Waals surface area contributed by atoms with Gasteiger partial charge in [-0.2, -0.15) is 0 Å². The van der Waals surface area contributed by atoms with Gasteiger partial charge in [-0.05, 0) is 46.6 Å². The molecule has 0 bridgehead atoms. The molecule has 1 aliphatic rings. The Hall–Kier alpha value is -1.77. The molecule has 0 heterocycles. The van der Waals surface area contributed by atoms with Gasteiger partial charge in [0.05, 0.1) is 5.92 Å². The largest absolute Gasteiger partial charge is 0.461 e. The van der Waals surface area contributed by atoms with E-state index in [0.29, 0.717) is 0 Å². The average molecular weight is 389 g/mol. The predicted octanol–water partition coefficient (Wildman–Crippen LogP) is 6.30. The monoisotopic (exact) mass is 388 g/mol.